The first-order valence-corrected chi connectivity index (χ1v) is 6.35. The summed E-state index contributed by atoms with van der Waals surface area (Å²) in [5.74, 6) is 0.800. The largest absolute Gasteiger partial charge is 0.310 e. The summed E-state index contributed by atoms with van der Waals surface area (Å²) >= 11 is 6.05. The maximum atomic E-state index is 6.05. The molecule has 0 fully saturated rings. The standard InChI is InChI=1S/C12H16ClN5/c1-2-4-14-7-12-16-9-18(17-12)8-10-3-5-15-6-11(10)13/h3,5-6,9,14H,2,4,7-8H2,1H3. The Morgan fingerprint density at radius 1 is 1.44 bits per heavy atom. The molecule has 0 spiro atoms. The molecule has 0 amide bonds. The summed E-state index contributed by atoms with van der Waals surface area (Å²) in [6, 6.07) is 1.89. The molecule has 0 aliphatic carbocycles. The van der Waals surface area contributed by atoms with E-state index in [2.05, 4.69) is 27.3 Å². The van der Waals surface area contributed by atoms with Gasteiger partial charge < -0.3 is 5.32 Å². The quantitative estimate of drug-likeness (QED) is 0.811. The van der Waals surface area contributed by atoms with Crippen LogP contribution in [-0.4, -0.2) is 26.3 Å². The third-order valence-corrected chi connectivity index (χ3v) is 2.82. The summed E-state index contributed by atoms with van der Waals surface area (Å²) in [7, 11) is 0. The molecule has 2 aromatic rings. The third kappa shape index (κ3) is 3.51. The molecule has 1 N–H and O–H groups in total. The van der Waals surface area contributed by atoms with Gasteiger partial charge in [-0.2, -0.15) is 5.10 Å². The molecule has 0 aliphatic rings. The SMILES string of the molecule is CCCNCc1ncn(Cc2ccncc2Cl)n1. The maximum Gasteiger partial charge on any atom is 0.164 e. The minimum atomic E-state index is 0.613. The fourth-order valence-corrected chi connectivity index (χ4v) is 1.75. The summed E-state index contributed by atoms with van der Waals surface area (Å²) in [6.45, 7) is 4.42. The minimum Gasteiger partial charge on any atom is -0.310 e. The van der Waals surface area contributed by atoms with Crippen molar-refractivity contribution in [2.75, 3.05) is 6.54 Å². The minimum absolute atomic E-state index is 0.613. The summed E-state index contributed by atoms with van der Waals surface area (Å²) in [4.78, 5) is 8.20. The molecule has 0 unspecified atom stereocenters. The van der Waals surface area contributed by atoms with Gasteiger partial charge >= 0.3 is 0 Å². The van der Waals surface area contributed by atoms with Crippen LogP contribution >= 0.6 is 11.6 Å². The van der Waals surface area contributed by atoms with Crippen molar-refractivity contribution in [3.05, 3.63) is 41.2 Å². The predicted molar refractivity (Wildman–Crippen MR) is 70.4 cm³/mol. The Bertz CT molecular complexity index is 497. The van der Waals surface area contributed by atoms with Gasteiger partial charge in [0.05, 0.1) is 18.1 Å². The van der Waals surface area contributed by atoms with Crippen LogP contribution in [0.15, 0.2) is 24.8 Å². The van der Waals surface area contributed by atoms with Crippen LogP contribution < -0.4 is 5.32 Å². The second kappa shape index (κ2) is 6.47. The zero-order valence-corrected chi connectivity index (χ0v) is 11.1. The van der Waals surface area contributed by atoms with Crippen molar-refractivity contribution in [3.8, 4) is 0 Å². The maximum absolute atomic E-state index is 6.05. The van der Waals surface area contributed by atoms with Gasteiger partial charge in [-0.25, -0.2) is 9.67 Å². The molecule has 0 bridgehead atoms. The van der Waals surface area contributed by atoms with Crippen LogP contribution in [0.3, 0.4) is 0 Å². The molecule has 0 radical (unpaired) electrons. The first-order valence-electron chi connectivity index (χ1n) is 5.97. The molecule has 6 heteroatoms. The molecule has 5 nitrogen and oxygen atoms in total. The van der Waals surface area contributed by atoms with Crippen molar-refractivity contribution >= 4 is 11.6 Å². The average molecular weight is 266 g/mol. The molecular formula is C12H16ClN5. The Morgan fingerprint density at radius 2 is 2.33 bits per heavy atom. The lowest BCUT2D eigenvalue weighted by Crippen LogP contribution is -2.15. The average Bonchev–Trinajstić information content (AvgIpc) is 2.80. The Balaban J connectivity index is 1.96. The van der Waals surface area contributed by atoms with E-state index in [9.17, 15) is 0 Å². The van der Waals surface area contributed by atoms with E-state index in [-0.39, 0.29) is 0 Å². The molecule has 96 valence electrons. The number of nitrogens with one attached hydrogen (secondary N) is 1. The zero-order chi connectivity index (χ0) is 12.8. The highest BCUT2D eigenvalue weighted by Gasteiger charge is 2.04. The van der Waals surface area contributed by atoms with Crippen LogP contribution in [0, 0.1) is 0 Å². The molecule has 0 saturated heterocycles. The smallest absolute Gasteiger partial charge is 0.164 e. The van der Waals surface area contributed by atoms with E-state index in [1.165, 1.54) is 0 Å². The van der Waals surface area contributed by atoms with Crippen molar-refractivity contribution in [1.29, 1.82) is 0 Å². The first kappa shape index (κ1) is 13.0. The number of halogens is 1. The zero-order valence-electron chi connectivity index (χ0n) is 10.3. The molecule has 0 aliphatic heterocycles. The second-order valence-electron chi connectivity index (χ2n) is 4.00. The van der Waals surface area contributed by atoms with E-state index in [0.29, 0.717) is 18.1 Å². The number of pyridine rings is 1. The van der Waals surface area contributed by atoms with Crippen LogP contribution in [0.25, 0.3) is 0 Å². The van der Waals surface area contributed by atoms with Crippen molar-refractivity contribution in [1.82, 2.24) is 25.1 Å². The van der Waals surface area contributed by atoms with Crippen molar-refractivity contribution in [3.63, 3.8) is 0 Å². The van der Waals surface area contributed by atoms with E-state index in [1.807, 2.05) is 6.07 Å². The molecule has 2 heterocycles. The highest BCUT2D eigenvalue weighted by atomic mass is 35.5. The topological polar surface area (TPSA) is 55.6 Å². The van der Waals surface area contributed by atoms with E-state index in [4.69, 9.17) is 11.6 Å². The van der Waals surface area contributed by atoms with Crippen molar-refractivity contribution in [2.24, 2.45) is 0 Å². The summed E-state index contributed by atoms with van der Waals surface area (Å²) in [5, 5.41) is 8.30. The van der Waals surface area contributed by atoms with Crippen LogP contribution in [0.5, 0.6) is 0 Å². The van der Waals surface area contributed by atoms with Gasteiger partial charge in [-0.15, -0.1) is 0 Å². The summed E-state index contributed by atoms with van der Waals surface area (Å²) in [6.07, 6.45) is 6.19. The Hall–Kier alpha value is -1.46. The van der Waals surface area contributed by atoms with Gasteiger partial charge in [0, 0.05) is 12.4 Å². The van der Waals surface area contributed by atoms with Gasteiger partial charge in [0.25, 0.3) is 0 Å². The number of nitrogens with zero attached hydrogens (tertiary/aromatic N) is 4. The normalized spacial score (nSPS) is 10.8. The predicted octanol–water partition coefficient (Wildman–Crippen LogP) is 1.87. The Labute approximate surface area is 111 Å². The third-order valence-electron chi connectivity index (χ3n) is 2.48. The van der Waals surface area contributed by atoms with E-state index in [0.717, 1.165) is 24.4 Å². The van der Waals surface area contributed by atoms with Crippen LogP contribution in [0.2, 0.25) is 5.02 Å². The Kier molecular flexibility index (Phi) is 4.66. The molecule has 0 aromatic carbocycles. The molecular weight excluding hydrogens is 250 g/mol. The van der Waals surface area contributed by atoms with Gasteiger partial charge in [-0.3, -0.25) is 4.98 Å². The lowest BCUT2D eigenvalue weighted by atomic mass is 10.3. The second-order valence-corrected chi connectivity index (χ2v) is 4.41. The van der Waals surface area contributed by atoms with Crippen molar-refractivity contribution in [2.45, 2.75) is 26.4 Å². The van der Waals surface area contributed by atoms with E-state index in [1.54, 1.807) is 23.4 Å². The fourth-order valence-electron chi connectivity index (χ4n) is 1.57. The van der Waals surface area contributed by atoms with E-state index >= 15 is 0 Å². The number of aromatic nitrogens is 4. The van der Waals surface area contributed by atoms with Crippen LogP contribution in [0.4, 0.5) is 0 Å². The highest BCUT2D eigenvalue weighted by molar-refractivity contribution is 6.31. The number of rotatable bonds is 6. The molecule has 2 aromatic heterocycles. The van der Waals surface area contributed by atoms with Gasteiger partial charge in [0.15, 0.2) is 5.82 Å². The molecule has 0 saturated carbocycles. The van der Waals surface area contributed by atoms with Gasteiger partial charge in [-0.1, -0.05) is 18.5 Å². The van der Waals surface area contributed by atoms with Gasteiger partial charge in [-0.05, 0) is 24.6 Å². The first-order chi connectivity index (χ1) is 8.79. The molecule has 2 rings (SSSR count). The Morgan fingerprint density at radius 3 is 3.11 bits per heavy atom. The van der Waals surface area contributed by atoms with Crippen molar-refractivity contribution < 1.29 is 0 Å². The summed E-state index contributed by atoms with van der Waals surface area (Å²) < 4.78 is 1.78. The lowest BCUT2D eigenvalue weighted by molar-refractivity contribution is 0.625. The van der Waals surface area contributed by atoms with Crippen LogP contribution in [-0.2, 0) is 13.1 Å². The molecule has 0 atom stereocenters. The van der Waals surface area contributed by atoms with Gasteiger partial charge in [0.2, 0.25) is 0 Å². The molecule has 18 heavy (non-hydrogen) atoms. The van der Waals surface area contributed by atoms with E-state index < -0.39 is 0 Å². The lowest BCUT2D eigenvalue weighted by Gasteiger charge is -2.02. The highest BCUT2D eigenvalue weighted by Crippen LogP contribution is 2.14. The summed E-state index contributed by atoms with van der Waals surface area (Å²) in [5.41, 5.74) is 0.990. The van der Waals surface area contributed by atoms with Gasteiger partial charge in [0.1, 0.15) is 6.33 Å². The monoisotopic (exact) mass is 265 g/mol. The number of hydrogen-bond donors (Lipinski definition) is 1. The van der Waals surface area contributed by atoms with Crippen LogP contribution in [0.1, 0.15) is 24.7 Å². The fraction of sp³-hybridized carbons (Fsp3) is 0.417. The number of hydrogen-bond acceptors (Lipinski definition) is 4.